The number of carbonyl (C=O) groups is 1. The molecule has 2 aromatic rings. The van der Waals surface area contributed by atoms with E-state index in [2.05, 4.69) is 25.7 Å². The van der Waals surface area contributed by atoms with Crippen molar-refractivity contribution >= 4 is 29.1 Å². The van der Waals surface area contributed by atoms with Crippen molar-refractivity contribution in [2.75, 3.05) is 0 Å². The fraction of sp³-hybridized carbons (Fsp3) is 0.300. The van der Waals surface area contributed by atoms with Crippen molar-refractivity contribution in [3.8, 4) is 0 Å². The quantitative estimate of drug-likeness (QED) is 0.920. The number of hydrogen-bond acceptors (Lipinski definition) is 5. The molecule has 2 heterocycles. The summed E-state index contributed by atoms with van der Waals surface area (Å²) in [6, 6.07) is 1.36. The molecule has 0 atom stereocenters. The summed E-state index contributed by atoms with van der Waals surface area (Å²) in [4.78, 5) is 11.9. The average molecular weight is 301 g/mol. The van der Waals surface area contributed by atoms with Gasteiger partial charge in [-0.25, -0.2) is 0 Å². The van der Waals surface area contributed by atoms with Gasteiger partial charge < -0.3 is 9.88 Å². The van der Waals surface area contributed by atoms with Gasteiger partial charge in [0, 0.05) is 6.54 Å². The molecule has 0 spiro atoms. The lowest BCUT2D eigenvalue weighted by molar-refractivity contribution is 0.0949. The molecular weight excluding hydrogens is 291 g/mol. The predicted molar refractivity (Wildman–Crippen MR) is 68.9 cm³/mol. The van der Waals surface area contributed by atoms with Crippen LogP contribution in [0.3, 0.4) is 0 Å². The molecule has 0 saturated heterocycles. The Labute approximate surface area is 119 Å². The van der Waals surface area contributed by atoms with Gasteiger partial charge in [-0.3, -0.25) is 4.79 Å². The fourth-order valence-corrected chi connectivity index (χ4v) is 1.77. The second kappa shape index (κ2) is 5.94. The monoisotopic (exact) mass is 300 g/mol. The summed E-state index contributed by atoms with van der Waals surface area (Å²) < 4.78 is 1.82. The average Bonchev–Trinajstić information content (AvgIpc) is 2.86. The summed E-state index contributed by atoms with van der Waals surface area (Å²) in [5.74, 6) is 0.257. The second-order valence-corrected chi connectivity index (χ2v) is 4.33. The summed E-state index contributed by atoms with van der Waals surface area (Å²) in [5.41, 5.74) is 0.171. The molecule has 0 saturated carbocycles. The fourth-order valence-electron chi connectivity index (χ4n) is 1.45. The van der Waals surface area contributed by atoms with Crippen LogP contribution in [0.5, 0.6) is 0 Å². The van der Waals surface area contributed by atoms with E-state index in [0.29, 0.717) is 5.82 Å². The zero-order chi connectivity index (χ0) is 13.8. The van der Waals surface area contributed by atoms with E-state index in [1.165, 1.54) is 6.07 Å². The van der Waals surface area contributed by atoms with E-state index >= 15 is 0 Å². The third kappa shape index (κ3) is 3.18. The highest BCUT2D eigenvalue weighted by atomic mass is 35.5. The number of nitrogens with one attached hydrogen (secondary N) is 1. The van der Waals surface area contributed by atoms with Gasteiger partial charge in [0.15, 0.2) is 16.1 Å². The molecule has 0 unspecified atom stereocenters. The Hall–Kier alpha value is -1.73. The van der Waals surface area contributed by atoms with Crippen molar-refractivity contribution in [1.29, 1.82) is 0 Å². The zero-order valence-corrected chi connectivity index (χ0v) is 11.5. The first-order valence-corrected chi connectivity index (χ1v) is 6.21. The van der Waals surface area contributed by atoms with Crippen LogP contribution in [0.2, 0.25) is 10.3 Å². The van der Waals surface area contributed by atoms with Gasteiger partial charge in [0.05, 0.1) is 12.1 Å². The lowest BCUT2D eigenvalue weighted by Crippen LogP contribution is -2.25. The highest BCUT2D eigenvalue weighted by molar-refractivity contribution is 6.34. The molecule has 1 N–H and O–H groups in total. The molecule has 0 radical (unpaired) electrons. The van der Waals surface area contributed by atoms with Crippen molar-refractivity contribution in [3.05, 3.63) is 34.1 Å². The van der Waals surface area contributed by atoms with Crippen molar-refractivity contribution in [1.82, 2.24) is 30.3 Å². The molecule has 2 aromatic heterocycles. The Morgan fingerprint density at radius 2 is 2.16 bits per heavy atom. The van der Waals surface area contributed by atoms with E-state index < -0.39 is 5.91 Å². The van der Waals surface area contributed by atoms with Crippen LogP contribution in [0.25, 0.3) is 0 Å². The summed E-state index contributed by atoms with van der Waals surface area (Å²) >= 11 is 11.5. The van der Waals surface area contributed by atoms with Gasteiger partial charge in [0.2, 0.25) is 0 Å². The van der Waals surface area contributed by atoms with Gasteiger partial charge in [0.1, 0.15) is 6.33 Å². The molecule has 0 aromatic carbocycles. The van der Waals surface area contributed by atoms with Crippen molar-refractivity contribution in [2.24, 2.45) is 0 Å². The second-order valence-electron chi connectivity index (χ2n) is 3.59. The minimum Gasteiger partial charge on any atom is -0.345 e. The Kier molecular flexibility index (Phi) is 4.28. The third-order valence-corrected chi connectivity index (χ3v) is 2.87. The van der Waals surface area contributed by atoms with Crippen molar-refractivity contribution in [3.63, 3.8) is 0 Å². The van der Waals surface area contributed by atoms with Crippen LogP contribution in [0, 0.1) is 0 Å². The number of rotatable bonds is 4. The highest BCUT2D eigenvalue weighted by Gasteiger charge is 2.14. The zero-order valence-electron chi connectivity index (χ0n) is 9.97. The Balaban J connectivity index is 2.07. The van der Waals surface area contributed by atoms with Crippen LogP contribution in [0.15, 0.2) is 12.4 Å². The lowest BCUT2D eigenvalue weighted by Gasteiger charge is -2.06. The van der Waals surface area contributed by atoms with E-state index in [-0.39, 0.29) is 22.4 Å². The molecular formula is C10H10Cl2N6O. The molecule has 0 aliphatic heterocycles. The number of hydrogen-bond donors (Lipinski definition) is 1. The minimum absolute atomic E-state index is 0.00106. The van der Waals surface area contributed by atoms with Gasteiger partial charge >= 0.3 is 0 Å². The number of halogens is 2. The van der Waals surface area contributed by atoms with Crippen LogP contribution in [0.1, 0.15) is 23.1 Å². The molecule has 0 fully saturated rings. The number of aromatic nitrogens is 5. The first-order chi connectivity index (χ1) is 9.11. The van der Waals surface area contributed by atoms with Crippen LogP contribution < -0.4 is 5.32 Å². The van der Waals surface area contributed by atoms with Crippen LogP contribution in [-0.4, -0.2) is 30.9 Å². The standard InChI is InChI=1S/C10H10Cl2N6O/c1-2-18-5-14-16-8(18)4-13-10(19)6-3-7(11)15-17-9(6)12/h3,5H,2,4H2,1H3,(H,13,19). The molecule has 0 bridgehead atoms. The van der Waals surface area contributed by atoms with Gasteiger partial charge in [-0.2, -0.15) is 0 Å². The van der Waals surface area contributed by atoms with E-state index in [0.717, 1.165) is 6.54 Å². The van der Waals surface area contributed by atoms with Crippen molar-refractivity contribution in [2.45, 2.75) is 20.0 Å². The molecule has 0 aliphatic rings. The molecule has 1 amide bonds. The normalized spacial score (nSPS) is 10.5. The SMILES string of the molecule is CCn1cnnc1CNC(=O)c1cc(Cl)nnc1Cl. The molecule has 19 heavy (non-hydrogen) atoms. The van der Waals surface area contributed by atoms with Crippen LogP contribution in [0.4, 0.5) is 0 Å². The van der Waals surface area contributed by atoms with Crippen LogP contribution in [-0.2, 0) is 13.1 Å². The van der Waals surface area contributed by atoms with E-state index in [1.807, 2.05) is 11.5 Å². The largest absolute Gasteiger partial charge is 0.345 e. The van der Waals surface area contributed by atoms with Crippen LogP contribution >= 0.6 is 23.2 Å². The minimum atomic E-state index is -0.396. The van der Waals surface area contributed by atoms with E-state index in [4.69, 9.17) is 23.2 Å². The van der Waals surface area contributed by atoms with Crippen molar-refractivity contribution < 1.29 is 4.79 Å². The van der Waals surface area contributed by atoms with E-state index in [9.17, 15) is 4.79 Å². The summed E-state index contributed by atoms with van der Waals surface area (Å²) in [6.07, 6.45) is 1.60. The topological polar surface area (TPSA) is 85.6 Å². The molecule has 2 rings (SSSR count). The molecule has 9 heteroatoms. The van der Waals surface area contributed by atoms with Gasteiger partial charge in [-0.15, -0.1) is 20.4 Å². The van der Waals surface area contributed by atoms with E-state index in [1.54, 1.807) is 6.33 Å². The molecule has 7 nitrogen and oxygen atoms in total. The summed E-state index contributed by atoms with van der Waals surface area (Å²) in [5, 5.41) is 17.5. The number of nitrogens with zero attached hydrogens (tertiary/aromatic N) is 5. The summed E-state index contributed by atoms with van der Waals surface area (Å²) in [7, 11) is 0. The maximum absolute atomic E-state index is 11.9. The Morgan fingerprint density at radius 3 is 2.89 bits per heavy atom. The Morgan fingerprint density at radius 1 is 1.37 bits per heavy atom. The predicted octanol–water partition coefficient (Wildman–Crippen LogP) is 1.32. The van der Waals surface area contributed by atoms with Gasteiger partial charge in [0.25, 0.3) is 5.91 Å². The maximum atomic E-state index is 11.9. The Bertz CT molecular complexity index is 599. The smallest absolute Gasteiger partial charge is 0.254 e. The first kappa shape index (κ1) is 13.7. The van der Waals surface area contributed by atoms with Gasteiger partial charge in [-0.05, 0) is 13.0 Å². The third-order valence-electron chi connectivity index (χ3n) is 2.41. The number of amides is 1. The highest BCUT2D eigenvalue weighted by Crippen LogP contribution is 2.15. The molecule has 100 valence electrons. The molecule has 0 aliphatic carbocycles. The number of aryl methyl sites for hydroxylation is 1. The number of carbonyl (C=O) groups excluding carboxylic acids is 1. The first-order valence-electron chi connectivity index (χ1n) is 5.45. The summed E-state index contributed by atoms with van der Waals surface area (Å²) in [6.45, 7) is 2.92. The maximum Gasteiger partial charge on any atom is 0.254 e. The lowest BCUT2D eigenvalue weighted by atomic mass is 10.3. The van der Waals surface area contributed by atoms with Gasteiger partial charge in [-0.1, -0.05) is 23.2 Å².